The van der Waals surface area contributed by atoms with Crippen molar-refractivity contribution in [3.05, 3.63) is 82.5 Å². The number of nitrogens with one attached hydrogen (secondary N) is 2. The molecule has 9 nitrogen and oxygen atoms in total. The Labute approximate surface area is 198 Å². The van der Waals surface area contributed by atoms with Gasteiger partial charge in [0.15, 0.2) is 0 Å². The second-order valence-corrected chi connectivity index (χ2v) is 8.15. The SMILES string of the molecule is C=C(Nc1ccc(N2CCOCC2)cc1)c1c(/C=C(\N)c2cnc(N(C)C)nc2)cc[nH]c1=O. The minimum Gasteiger partial charge on any atom is -0.398 e. The Balaban J connectivity index is 1.54. The predicted octanol–water partition coefficient (Wildman–Crippen LogP) is 2.61. The van der Waals surface area contributed by atoms with E-state index >= 15 is 0 Å². The lowest BCUT2D eigenvalue weighted by atomic mass is 10.0. The number of rotatable bonds is 7. The molecule has 1 aromatic carbocycles. The van der Waals surface area contributed by atoms with Crippen LogP contribution in [0.5, 0.6) is 0 Å². The summed E-state index contributed by atoms with van der Waals surface area (Å²) in [5.74, 6) is 0.589. The highest BCUT2D eigenvalue weighted by atomic mass is 16.5. The number of morpholine rings is 1. The minimum absolute atomic E-state index is 0.261. The molecule has 0 amide bonds. The largest absolute Gasteiger partial charge is 0.398 e. The molecule has 1 fully saturated rings. The quantitative estimate of drug-likeness (QED) is 0.494. The average Bonchev–Trinajstić information content (AvgIpc) is 2.85. The van der Waals surface area contributed by atoms with E-state index in [1.54, 1.807) is 30.7 Å². The number of hydrogen-bond donors (Lipinski definition) is 3. The number of benzene rings is 1. The smallest absolute Gasteiger partial charge is 0.257 e. The maximum Gasteiger partial charge on any atom is 0.257 e. The molecule has 1 aliphatic rings. The number of aromatic amines is 1. The van der Waals surface area contributed by atoms with E-state index in [0.29, 0.717) is 34.0 Å². The monoisotopic (exact) mass is 459 g/mol. The van der Waals surface area contributed by atoms with Crippen molar-refractivity contribution in [2.45, 2.75) is 0 Å². The second kappa shape index (κ2) is 10.2. The first kappa shape index (κ1) is 23.1. The van der Waals surface area contributed by atoms with E-state index in [1.165, 1.54) is 0 Å². The fourth-order valence-electron chi connectivity index (χ4n) is 3.69. The van der Waals surface area contributed by atoms with Crippen molar-refractivity contribution >= 4 is 34.8 Å². The topological polar surface area (TPSA) is 112 Å². The number of nitrogens with two attached hydrogens (primary N) is 1. The van der Waals surface area contributed by atoms with Crippen LogP contribution in [0.15, 0.2) is 60.3 Å². The number of H-pyrrole nitrogens is 1. The highest BCUT2D eigenvalue weighted by Gasteiger charge is 2.13. The van der Waals surface area contributed by atoms with Crippen LogP contribution in [0.2, 0.25) is 0 Å². The summed E-state index contributed by atoms with van der Waals surface area (Å²) in [5, 5.41) is 3.24. The number of anilines is 3. The van der Waals surface area contributed by atoms with Crippen LogP contribution in [0.1, 0.15) is 16.7 Å². The van der Waals surface area contributed by atoms with Gasteiger partial charge in [-0.1, -0.05) is 6.58 Å². The third kappa shape index (κ3) is 5.26. The molecule has 1 aliphatic heterocycles. The standard InChI is InChI=1S/C25H29N7O2/c1-17(30-20-4-6-21(7-5-20)32-10-12-34-13-11-32)23-18(8-9-27-24(23)33)14-22(26)19-15-28-25(29-16-19)31(2)3/h4-9,14-16,30H,1,10-13,26H2,2-3H3,(H,27,33)/b22-14-. The highest BCUT2D eigenvalue weighted by Crippen LogP contribution is 2.23. The summed E-state index contributed by atoms with van der Waals surface area (Å²) in [6.45, 7) is 7.32. The number of aromatic nitrogens is 3. The summed E-state index contributed by atoms with van der Waals surface area (Å²) in [6, 6.07) is 9.83. The van der Waals surface area contributed by atoms with E-state index in [4.69, 9.17) is 10.5 Å². The van der Waals surface area contributed by atoms with Gasteiger partial charge >= 0.3 is 0 Å². The molecule has 0 bridgehead atoms. The normalized spacial score (nSPS) is 14.1. The van der Waals surface area contributed by atoms with Gasteiger partial charge in [-0.25, -0.2) is 9.97 Å². The van der Waals surface area contributed by atoms with E-state index in [0.717, 1.165) is 37.7 Å². The Morgan fingerprint density at radius 3 is 2.50 bits per heavy atom. The van der Waals surface area contributed by atoms with Crippen molar-refractivity contribution in [1.29, 1.82) is 0 Å². The summed E-state index contributed by atoms with van der Waals surface area (Å²) < 4.78 is 5.42. The van der Waals surface area contributed by atoms with Gasteiger partial charge in [0, 0.05) is 74.1 Å². The van der Waals surface area contributed by atoms with E-state index in [1.807, 2.05) is 43.3 Å². The first-order valence-corrected chi connectivity index (χ1v) is 11.0. The maximum absolute atomic E-state index is 12.7. The molecule has 34 heavy (non-hydrogen) atoms. The molecule has 0 unspecified atom stereocenters. The zero-order valence-corrected chi connectivity index (χ0v) is 19.4. The lowest BCUT2D eigenvalue weighted by molar-refractivity contribution is 0.122. The maximum atomic E-state index is 12.7. The van der Waals surface area contributed by atoms with Gasteiger partial charge in [-0.15, -0.1) is 0 Å². The summed E-state index contributed by atoms with van der Waals surface area (Å²) in [7, 11) is 3.73. The zero-order chi connectivity index (χ0) is 24.1. The fraction of sp³-hybridized carbons (Fsp3) is 0.240. The molecule has 0 radical (unpaired) electrons. The van der Waals surface area contributed by atoms with Crippen LogP contribution in [0.3, 0.4) is 0 Å². The predicted molar refractivity (Wildman–Crippen MR) is 138 cm³/mol. The first-order valence-electron chi connectivity index (χ1n) is 11.0. The van der Waals surface area contributed by atoms with Gasteiger partial charge in [0.05, 0.1) is 18.8 Å². The van der Waals surface area contributed by atoms with Crippen molar-refractivity contribution in [3.8, 4) is 0 Å². The molecule has 0 atom stereocenters. The van der Waals surface area contributed by atoms with Gasteiger partial charge in [0.1, 0.15) is 0 Å². The molecule has 0 saturated carbocycles. The molecule has 1 saturated heterocycles. The summed E-state index contributed by atoms with van der Waals surface area (Å²) in [4.78, 5) is 28.1. The molecule has 2 aromatic heterocycles. The molecule has 3 aromatic rings. The molecule has 4 N–H and O–H groups in total. The van der Waals surface area contributed by atoms with Gasteiger partial charge in [-0.3, -0.25) is 4.79 Å². The summed E-state index contributed by atoms with van der Waals surface area (Å²) in [6.07, 6.45) is 6.63. The number of hydrogen-bond acceptors (Lipinski definition) is 8. The Morgan fingerprint density at radius 1 is 1.18 bits per heavy atom. The van der Waals surface area contributed by atoms with Crippen LogP contribution >= 0.6 is 0 Å². The fourth-order valence-corrected chi connectivity index (χ4v) is 3.69. The third-order valence-corrected chi connectivity index (χ3v) is 5.52. The van der Waals surface area contributed by atoms with Crippen molar-refractivity contribution in [1.82, 2.24) is 15.0 Å². The molecule has 176 valence electrons. The van der Waals surface area contributed by atoms with Crippen LogP contribution < -0.4 is 26.4 Å². The highest BCUT2D eigenvalue weighted by molar-refractivity contribution is 5.86. The van der Waals surface area contributed by atoms with Crippen molar-refractivity contribution in [2.75, 3.05) is 55.5 Å². The molecular weight excluding hydrogens is 430 g/mol. The van der Waals surface area contributed by atoms with Crippen LogP contribution in [0.4, 0.5) is 17.3 Å². The van der Waals surface area contributed by atoms with Crippen LogP contribution in [0, 0.1) is 0 Å². The summed E-state index contributed by atoms with van der Waals surface area (Å²) in [5.41, 5.74) is 10.6. The average molecular weight is 460 g/mol. The first-order chi connectivity index (χ1) is 16.4. The van der Waals surface area contributed by atoms with Gasteiger partial charge in [-0.2, -0.15) is 0 Å². The van der Waals surface area contributed by atoms with Crippen LogP contribution in [-0.4, -0.2) is 55.4 Å². The zero-order valence-electron chi connectivity index (χ0n) is 19.4. The number of ether oxygens (including phenoxy) is 1. The molecule has 3 heterocycles. The van der Waals surface area contributed by atoms with Gasteiger partial charge in [-0.05, 0) is 42.0 Å². The lowest BCUT2D eigenvalue weighted by Crippen LogP contribution is -2.36. The molecule has 4 rings (SSSR count). The van der Waals surface area contributed by atoms with E-state index in [2.05, 4.69) is 31.7 Å². The molecule has 9 heteroatoms. The summed E-state index contributed by atoms with van der Waals surface area (Å²) >= 11 is 0. The molecule has 0 aliphatic carbocycles. The second-order valence-electron chi connectivity index (χ2n) is 8.15. The lowest BCUT2D eigenvalue weighted by Gasteiger charge is -2.29. The van der Waals surface area contributed by atoms with Crippen LogP contribution in [0.25, 0.3) is 17.5 Å². The van der Waals surface area contributed by atoms with Crippen molar-refractivity contribution in [2.24, 2.45) is 5.73 Å². The minimum atomic E-state index is -0.261. The van der Waals surface area contributed by atoms with Gasteiger partial charge in [0.25, 0.3) is 5.56 Å². The molecular formula is C25H29N7O2. The van der Waals surface area contributed by atoms with E-state index in [-0.39, 0.29) is 5.56 Å². The van der Waals surface area contributed by atoms with Crippen molar-refractivity contribution in [3.63, 3.8) is 0 Å². The Morgan fingerprint density at radius 2 is 1.85 bits per heavy atom. The Hall–Kier alpha value is -4.11. The number of pyridine rings is 1. The number of nitrogens with zero attached hydrogens (tertiary/aromatic N) is 4. The van der Waals surface area contributed by atoms with E-state index < -0.39 is 0 Å². The Bertz CT molecular complexity index is 1230. The Kier molecular flexibility index (Phi) is 6.93. The van der Waals surface area contributed by atoms with Gasteiger partial charge in [0.2, 0.25) is 5.95 Å². The third-order valence-electron chi connectivity index (χ3n) is 5.52. The van der Waals surface area contributed by atoms with E-state index in [9.17, 15) is 4.79 Å². The van der Waals surface area contributed by atoms with Crippen LogP contribution in [-0.2, 0) is 4.74 Å². The molecule has 0 spiro atoms. The van der Waals surface area contributed by atoms with Gasteiger partial charge < -0.3 is 30.6 Å². The van der Waals surface area contributed by atoms with Crippen molar-refractivity contribution < 1.29 is 4.74 Å².